The number of esters is 1. The lowest BCUT2D eigenvalue weighted by Crippen LogP contribution is -2.10. The van der Waals surface area contributed by atoms with Crippen LogP contribution in [0.15, 0.2) is 24.3 Å². The van der Waals surface area contributed by atoms with Gasteiger partial charge in [-0.1, -0.05) is 18.2 Å². The molecule has 0 bridgehead atoms. The highest BCUT2D eigenvalue weighted by Gasteiger charge is 2.26. The van der Waals surface area contributed by atoms with Crippen LogP contribution in [0.3, 0.4) is 0 Å². The van der Waals surface area contributed by atoms with E-state index in [9.17, 15) is 14.9 Å². The molecule has 15 heavy (non-hydrogen) atoms. The van der Waals surface area contributed by atoms with Crippen LogP contribution in [-0.4, -0.2) is 18.0 Å². The minimum absolute atomic E-state index is 0.135. The molecule has 1 atom stereocenters. The van der Waals surface area contributed by atoms with Gasteiger partial charge in [0.1, 0.15) is 0 Å². The summed E-state index contributed by atoms with van der Waals surface area (Å²) in [6.45, 7) is 0. The van der Waals surface area contributed by atoms with E-state index >= 15 is 0 Å². The highest BCUT2D eigenvalue weighted by atomic mass is 35.5. The number of para-hydroxylation sites is 1. The Labute approximate surface area is 90.8 Å². The summed E-state index contributed by atoms with van der Waals surface area (Å²) in [7, 11) is 1.17. The first-order chi connectivity index (χ1) is 7.07. The molecule has 0 amide bonds. The van der Waals surface area contributed by atoms with Crippen molar-refractivity contribution in [3.63, 3.8) is 0 Å². The van der Waals surface area contributed by atoms with Crippen molar-refractivity contribution in [2.45, 2.75) is 5.38 Å². The van der Waals surface area contributed by atoms with Gasteiger partial charge in [0.05, 0.1) is 17.6 Å². The molecule has 0 aliphatic rings. The molecule has 6 heteroatoms. The Kier molecular flexibility index (Phi) is 3.62. The summed E-state index contributed by atoms with van der Waals surface area (Å²) in [5.74, 6) is -0.717. The molecule has 80 valence electrons. The lowest BCUT2D eigenvalue weighted by Gasteiger charge is -2.07. The van der Waals surface area contributed by atoms with Gasteiger partial charge in [-0.25, -0.2) is 0 Å². The third-order valence-electron chi connectivity index (χ3n) is 1.81. The second-order valence-corrected chi connectivity index (χ2v) is 3.14. The third-order valence-corrected chi connectivity index (χ3v) is 2.23. The number of hydrogen-bond acceptors (Lipinski definition) is 4. The van der Waals surface area contributed by atoms with E-state index in [-0.39, 0.29) is 11.3 Å². The van der Waals surface area contributed by atoms with Gasteiger partial charge < -0.3 is 4.74 Å². The van der Waals surface area contributed by atoms with Gasteiger partial charge in [-0.05, 0) is 0 Å². The van der Waals surface area contributed by atoms with Crippen molar-refractivity contribution in [2.75, 3.05) is 7.11 Å². The number of alkyl halides is 1. The van der Waals surface area contributed by atoms with Gasteiger partial charge >= 0.3 is 5.97 Å². The number of hydrogen-bond donors (Lipinski definition) is 0. The van der Waals surface area contributed by atoms with Crippen LogP contribution in [0.2, 0.25) is 0 Å². The fourth-order valence-electron chi connectivity index (χ4n) is 1.10. The van der Waals surface area contributed by atoms with Crippen molar-refractivity contribution in [1.82, 2.24) is 0 Å². The SMILES string of the molecule is COC(=O)C(Cl)c1ccccc1[N+](=O)[O-]. The molecule has 0 aromatic heterocycles. The van der Waals surface area contributed by atoms with Crippen molar-refractivity contribution in [3.05, 3.63) is 39.9 Å². The third kappa shape index (κ3) is 2.44. The van der Waals surface area contributed by atoms with E-state index in [2.05, 4.69) is 4.74 Å². The molecule has 0 radical (unpaired) electrons. The molecule has 0 saturated carbocycles. The average Bonchev–Trinajstić information content (AvgIpc) is 2.27. The number of nitrogens with zero attached hydrogens (tertiary/aromatic N) is 1. The summed E-state index contributed by atoms with van der Waals surface area (Å²) in [4.78, 5) is 21.2. The van der Waals surface area contributed by atoms with Crippen molar-refractivity contribution in [3.8, 4) is 0 Å². The van der Waals surface area contributed by atoms with Crippen LogP contribution in [0.4, 0.5) is 5.69 Å². The summed E-state index contributed by atoms with van der Waals surface area (Å²) in [6.07, 6.45) is 0. The molecule has 0 aliphatic heterocycles. The Morgan fingerprint density at radius 2 is 2.13 bits per heavy atom. The Hall–Kier alpha value is -1.62. The van der Waals surface area contributed by atoms with Crippen LogP contribution in [0.25, 0.3) is 0 Å². The van der Waals surface area contributed by atoms with Crippen LogP contribution in [0.5, 0.6) is 0 Å². The molecule has 0 N–H and O–H groups in total. The van der Waals surface area contributed by atoms with Crippen molar-refractivity contribution in [2.24, 2.45) is 0 Å². The molecule has 1 unspecified atom stereocenters. The molecule has 0 fully saturated rings. The van der Waals surface area contributed by atoms with Crippen LogP contribution < -0.4 is 0 Å². The number of ether oxygens (including phenoxy) is 1. The topological polar surface area (TPSA) is 69.4 Å². The number of nitro groups is 1. The van der Waals surface area contributed by atoms with Crippen LogP contribution in [-0.2, 0) is 9.53 Å². The second-order valence-electron chi connectivity index (χ2n) is 2.70. The smallest absolute Gasteiger partial charge is 0.328 e. The van der Waals surface area contributed by atoms with Gasteiger partial charge in [0.2, 0.25) is 0 Å². The molecule has 1 rings (SSSR count). The normalized spacial score (nSPS) is 11.9. The average molecular weight is 230 g/mol. The minimum atomic E-state index is -1.16. The van der Waals surface area contributed by atoms with Gasteiger partial charge in [0, 0.05) is 6.07 Å². The first kappa shape index (κ1) is 11.5. The Morgan fingerprint density at radius 3 is 2.67 bits per heavy atom. The first-order valence-electron chi connectivity index (χ1n) is 4.03. The Balaban J connectivity index is 3.13. The maximum Gasteiger partial charge on any atom is 0.328 e. The number of carbonyl (C=O) groups is 1. The maximum atomic E-state index is 11.1. The van der Waals surface area contributed by atoms with Gasteiger partial charge in [0.25, 0.3) is 5.69 Å². The second kappa shape index (κ2) is 4.75. The van der Waals surface area contributed by atoms with Gasteiger partial charge in [0.15, 0.2) is 5.38 Å². The molecule has 5 nitrogen and oxygen atoms in total. The fourth-order valence-corrected chi connectivity index (χ4v) is 1.37. The van der Waals surface area contributed by atoms with E-state index in [1.165, 1.54) is 25.3 Å². The quantitative estimate of drug-likeness (QED) is 0.344. The zero-order chi connectivity index (χ0) is 11.4. The van der Waals surface area contributed by atoms with E-state index in [0.717, 1.165) is 0 Å². The number of benzene rings is 1. The molecule has 1 aromatic carbocycles. The number of rotatable bonds is 3. The molecule has 0 saturated heterocycles. The summed E-state index contributed by atoms with van der Waals surface area (Å²) in [5.41, 5.74) is -0.0566. The van der Waals surface area contributed by atoms with Gasteiger partial charge in [-0.2, -0.15) is 0 Å². The highest BCUT2D eigenvalue weighted by molar-refractivity contribution is 6.30. The number of methoxy groups -OCH3 is 1. The predicted molar refractivity (Wildman–Crippen MR) is 53.7 cm³/mol. The first-order valence-corrected chi connectivity index (χ1v) is 4.46. The zero-order valence-electron chi connectivity index (χ0n) is 7.84. The van der Waals surface area contributed by atoms with E-state index in [1.54, 1.807) is 6.07 Å². The van der Waals surface area contributed by atoms with Crippen LogP contribution >= 0.6 is 11.6 Å². The summed E-state index contributed by atoms with van der Waals surface area (Å²) in [5, 5.41) is 9.48. The van der Waals surface area contributed by atoms with Crippen molar-refractivity contribution in [1.29, 1.82) is 0 Å². The lowest BCUT2D eigenvalue weighted by molar-refractivity contribution is -0.385. The standard InChI is InChI=1S/C9H8ClNO4/c1-15-9(12)8(10)6-4-2-3-5-7(6)11(13)14/h2-5,8H,1H3. The van der Waals surface area contributed by atoms with Gasteiger partial charge in [-0.3, -0.25) is 14.9 Å². The highest BCUT2D eigenvalue weighted by Crippen LogP contribution is 2.29. The fraction of sp³-hybridized carbons (Fsp3) is 0.222. The Morgan fingerprint density at radius 1 is 1.53 bits per heavy atom. The zero-order valence-corrected chi connectivity index (χ0v) is 8.60. The number of nitro benzene ring substituents is 1. The van der Waals surface area contributed by atoms with E-state index in [0.29, 0.717) is 0 Å². The predicted octanol–water partition coefficient (Wildman–Crippen LogP) is 2.05. The van der Waals surface area contributed by atoms with Gasteiger partial charge in [-0.15, -0.1) is 11.6 Å². The van der Waals surface area contributed by atoms with Crippen LogP contribution in [0.1, 0.15) is 10.9 Å². The molecule has 0 aliphatic carbocycles. The molecule has 1 aromatic rings. The molecule has 0 spiro atoms. The van der Waals surface area contributed by atoms with Crippen molar-refractivity contribution >= 4 is 23.3 Å². The van der Waals surface area contributed by atoms with E-state index in [1.807, 2.05) is 0 Å². The van der Waals surface area contributed by atoms with E-state index < -0.39 is 16.3 Å². The van der Waals surface area contributed by atoms with Crippen LogP contribution in [0, 0.1) is 10.1 Å². The minimum Gasteiger partial charge on any atom is -0.468 e. The largest absolute Gasteiger partial charge is 0.468 e. The monoisotopic (exact) mass is 229 g/mol. The summed E-state index contributed by atoms with van der Waals surface area (Å²) < 4.78 is 4.41. The maximum absolute atomic E-state index is 11.1. The lowest BCUT2D eigenvalue weighted by atomic mass is 10.1. The van der Waals surface area contributed by atoms with E-state index in [4.69, 9.17) is 11.6 Å². The molecule has 0 heterocycles. The number of carbonyl (C=O) groups excluding carboxylic acids is 1. The molecular weight excluding hydrogens is 222 g/mol. The van der Waals surface area contributed by atoms with Crippen molar-refractivity contribution < 1.29 is 14.5 Å². The Bertz CT molecular complexity index is 393. The summed E-state index contributed by atoms with van der Waals surface area (Å²) >= 11 is 5.73. The number of halogens is 1. The summed E-state index contributed by atoms with van der Waals surface area (Å²) in [6, 6.07) is 5.78. The molecular formula is C9H8ClNO4.